The predicted octanol–water partition coefficient (Wildman–Crippen LogP) is 3.92. The van der Waals surface area contributed by atoms with Gasteiger partial charge in [0.15, 0.2) is 5.16 Å². The van der Waals surface area contributed by atoms with Gasteiger partial charge in [-0.05, 0) is 24.6 Å². The Balaban J connectivity index is 1.32. The van der Waals surface area contributed by atoms with Gasteiger partial charge in [-0.25, -0.2) is 4.98 Å². The maximum Gasteiger partial charge on any atom is 0.316 e. The first-order chi connectivity index (χ1) is 14.5. The molecule has 4 aromatic rings. The summed E-state index contributed by atoms with van der Waals surface area (Å²) in [6.07, 6.45) is 5.23. The summed E-state index contributed by atoms with van der Waals surface area (Å²) in [6.45, 7) is 2.06. The van der Waals surface area contributed by atoms with Gasteiger partial charge < -0.3 is 4.74 Å². The molecule has 0 saturated carbocycles. The summed E-state index contributed by atoms with van der Waals surface area (Å²) in [7, 11) is 1.85. The Kier molecular flexibility index (Phi) is 6.16. The molecule has 0 aliphatic rings. The van der Waals surface area contributed by atoms with E-state index < -0.39 is 0 Å². The third-order valence-corrected chi connectivity index (χ3v) is 6.42. The summed E-state index contributed by atoms with van der Waals surface area (Å²) in [5.74, 6) is -0.245. The van der Waals surface area contributed by atoms with Gasteiger partial charge in [0.1, 0.15) is 17.9 Å². The van der Waals surface area contributed by atoms with Crippen LogP contribution in [-0.4, -0.2) is 41.3 Å². The number of benzene rings is 1. The Hall–Kier alpha value is -2.69. The first-order valence-corrected chi connectivity index (χ1v) is 11.1. The summed E-state index contributed by atoms with van der Waals surface area (Å²) in [4.78, 5) is 16.7. The monoisotopic (exact) mass is 460 g/mol. The van der Waals surface area contributed by atoms with Crippen LogP contribution in [0.4, 0.5) is 0 Å². The number of carbonyl (C=O) groups is 1. The number of carbonyl (C=O) groups excluding carboxylic acids is 1. The average molecular weight is 461 g/mol. The fraction of sp³-hybridized carbons (Fsp3) is 0.211. The third kappa shape index (κ3) is 4.72. The molecule has 0 aliphatic heterocycles. The van der Waals surface area contributed by atoms with Crippen molar-refractivity contribution in [2.24, 2.45) is 7.05 Å². The van der Waals surface area contributed by atoms with Crippen LogP contribution in [-0.2, 0) is 23.2 Å². The second-order valence-electron chi connectivity index (χ2n) is 6.41. The lowest BCUT2D eigenvalue weighted by Crippen LogP contribution is -2.08. The molecule has 0 spiro atoms. The van der Waals surface area contributed by atoms with Gasteiger partial charge in [-0.15, -0.1) is 21.5 Å². The molecule has 8 nitrogen and oxygen atoms in total. The SMILES string of the molecule is Cc1ccc(-n2cnnc2SCC(=O)OCc2csc(-c3cnn(C)c3)n2)cc1Cl. The maximum atomic E-state index is 12.2. The van der Waals surface area contributed by atoms with Crippen molar-refractivity contribution in [1.29, 1.82) is 0 Å². The molecule has 4 rings (SSSR count). The number of aromatic nitrogens is 6. The van der Waals surface area contributed by atoms with Gasteiger partial charge in [0.25, 0.3) is 0 Å². The maximum absolute atomic E-state index is 12.2. The number of nitrogens with zero attached hydrogens (tertiary/aromatic N) is 6. The molecule has 0 saturated heterocycles. The number of hydrogen-bond donors (Lipinski definition) is 0. The first-order valence-electron chi connectivity index (χ1n) is 8.88. The van der Waals surface area contributed by atoms with Crippen LogP contribution in [0.25, 0.3) is 16.3 Å². The van der Waals surface area contributed by atoms with Crippen LogP contribution >= 0.6 is 34.7 Å². The van der Waals surface area contributed by atoms with Crippen molar-refractivity contribution < 1.29 is 9.53 Å². The highest BCUT2D eigenvalue weighted by molar-refractivity contribution is 7.99. The summed E-state index contributed by atoms with van der Waals surface area (Å²) in [5.41, 5.74) is 3.46. The molecule has 3 heterocycles. The molecular weight excluding hydrogens is 444 g/mol. The fourth-order valence-electron chi connectivity index (χ4n) is 2.59. The molecule has 0 fully saturated rings. The van der Waals surface area contributed by atoms with E-state index in [9.17, 15) is 4.79 Å². The zero-order chi connectivity index (χ0) is 21.1. The Bertz CT molecular complexity index is 1190. The minimum atomic E-state index is -0.354. The minimum absolute atomic E-state index is 0.109. The molecule has 0 amide bonds. The standard InChI is InChI=1S/C19H17ClN6O2S2/c1-12-3-4-15(5-16(12)20)26-11-21-24-19(26)30-10-17(27)28-8-14-9-29-18(23-14)13-6-22-25(2)7-13/h3-7,9,11H,8,10H2,1-2H3. The second-order valence-corrected chi connectivity index (χ2v) is 8.62. The zero-order valence-corrected chi connectivity index (χ0v) is 18.5. The topological polar surface area (TPSA) is 87.7 Å². The third-order valence-electron chi connectivity index (χ3n) is 4.15. The highest BCUT2D eigenvalue weighted by Crippen LogP contribution is 2.25. The molecule has 0 bridgehead atoms. The number of rotatable bonds is 7. The smallest absolute Gasteiger partial charge is 0.316 e. The number of aryl methyl sites for hydroxylation is 2. The second kappa shape index (κ2) is 8.99. The Morgan fingerprint density at radius 3 is 3.00 bits per heavy atom. The van der Waals surface area contributed by atoms with Crippen molar-refractivity contribution >= 4 is 40.7 Å². The van der Waals surface area contributed by atoms with Gasteiger partial charge in [-0.2, -0.15) is 5.10 Å². The van der Waals surface area contributed by atoms with Crippen molar-refractivity contribution in [1.82, 2.24) is 29.5 Å². The Morgan fingerprint density at radius 1 is 1.37 bits per heavy atom. The van der Waals surface area contributed by atoms with Crippen LogP contribution < -0.4 is 0 Å². The van der Waals surface area contributed by atoms with Crippen LogP contribution in [0.2, 0.25) is 5.02 Å². The molecule has 3 aromatic heterocycles. The number of thioether (sulfide) groups is 1. The number of hydrogen-bond acceptors (Lipinski definition) is 8. The van der Waals surface area contributed by atoms with Gasteiger partial charge in [-0.3, -0.25) is 14.0 Å². The van der Waals surface area contributed by atoms with Gasteiger partial charge in [0.2, 0.25) is 0 Å². The van der Waals surface area contributed by atoms with Crippen LogP contribution in [0.3, 0.4) is 0 Å². The minimum Gasteiger partial charge on any atom is -0.459 e. The quantitative estimate of drug-likeness (QED) is 0.305. The largest absolute Gasteiger partial charge is 0.459 e. The van der Waals surface area contributed by atoms with E-state index in [0.29, 0.717) is 15.9 Å². The molecule has 11 heteroatoms. The summed E-state index contributed by atoms with van der Waals surface area (Å²) in [5, 5.41) is 16.1. The van der Waals surface area contributed by atoms with Crippen molar-refractivity contribution in [3.05, 3.63) is 58.6 Å². The van der Waals surface area contributed by atoms with Gasteiger partial charge in [0.05, 0.1) is 23.3 Å². The molecule has 0 N–H and O–H groups in total. The molecular formula is C19H17ClN6O2S2. The van der Waals surface area contributed by atoms with Crippen LogP contribution in [0.15, 0.2) is 47.5 Å². The zero-order valence-electron chi connectivity index (χ0n) is 16.1. The van der Waals surface area contributed by atoms with Gasteiger partial charge in [0, 0.05) is 29.2 Å². The molecule has 0 radical (unpaired) electrons. The lowest BCUT2D eigenvalue weighted by Gasteiger charge is -2.08. The highest BCUT2D eigenvalue weighted by Gasteiger charge is 2.13. The average Bonchev–Trinajstić information content (AvgIpc) is 3.47. The van der Waals surface area contributed by atoms with Crippen molar-refractivity contribution in [3.8, 4) is 16.3 Å². The normalized spacial score (nSPS) is 11.0. The number of ether oxygens (including phenoxy) is 1. The van der Waals surface area contributed by atoms with E-state index in [1.165, 1.54) is 23.1 Å². The van der Waals surface area contributed by atoms with E-state index in [1.807, 2.05) is 43.7 Å². The number of esters is 1. The van der Waals surface area contributed by atoms with E-state index in [1.54, 1.807) is 21.8 Å². The number of thiazole rings is 1. The predicted molar refractivity (Wildman–Crippen MR) is 116 cm³/mol. The van der Waals surface area contributed by atoms with Crippen LogP contribution in [0.1, 0.15) is 11.3 Å². The Labute approximate surface area is 185 Å². The Morgan fingerprint density at radius 2 is 2.23 bits per heavy atom. The molecule has 1 aromatic carbocycles. The molecule has 154 valence electrons. The summed E-state index contributed by atoms with van der Waals surface area (Å²) >= 11 is 8.94. The molecule has 0 atom stereocenters. The van der Waals surface area contributed by atoms with Crippen LogP contribution in [0, 0.1) is 6.92 Å². The van der Waals surface area contributed by atoms with Gasteiger partial charge >= 0.3 is 5.97 Å². The number of halogens is 1. The lowest BCUT2D eigenvalue weighted by molar-refractivity contribution is -0.141. The van der Waals surface area contributed by atoms with E-state index in [4.69, 9.17) is 16.3 Å². The molecule has 30 heavy (non-hydrogen) atoms. The summed E-state index contributed by atoms with van der Waals surface area (Å²) in [6, 6.07) is 5.69. The van der Waals surface area contributed by atoms with Crippen molar-refractivity contribution in [2.75, 3.05) is 5.75 Å². The van der Waals surface area contributed by atoms with Crippen molar-refractivity contribution in [3.63, 3.8) is 0 Å². The van der Waals surface area contributed by atoms with Gasteiger partial charge in [-0.1, -0.05) is 29.4 Å². The van der Waals surface area contributed by atoms with Crippen molar-refractivity contribution in [2.45, 2.75) is 18.7 Å². The molecule has 0 aliphatic carbocycles. The van der Waals surface area contributed by atoms with E-state index in [2.05, 4.69) is 20.3 Å². The molecule has 0 unspecified atom stereocenters. The van der Waals surface area contributed by atoms with E-state index in [0.717, 1.165) is 21.8 Å². The van der Waals surface area contributed by atoms with Crippen LogP contribution in [0.5, 0.6) is 0 Å². The van der Waals surface area contributed by atoms with E-state index in [-0.39, 0.29) is 18.3 Å². The first kappa shape index (κ1) is 20.6. The fourth-order valence-corrected chi connectivity index (χ4v) is 4.27. The highest BCUT2D eigenvalue weighted by atomic mass is 35.5. The summed E-state index contributed by atoms with van der Waals surface area (Å²) < 4.78 is 8.85. The lowest BCUT2D eigenvalue weighted by atomic mass is 10.2. The van der Waals surface area contributed by atoms with E-state index >= 15 is 0 Å².